The van der Waals surface area contributed by atoms with E-state index in [1.807, 2.05) is 0 Å². The number of nitrogens with zero attached hydrogens (tertiary/aromatic N) is 2. The summed E-state index contributed by atoms with van der Waals surface area (Å²) >= 11 is 5.93. The zero-order valence-corrected chi connectivity index (χ0v) is 10.4. The number of piperidine rings is 1. The van der Waals surface area contributed by atoms with Crippen LogP contribution < -0.4 is 0 Å². The fraction of sp³-hybridized carbons (Fsp3) is 0.417. The molecule has 1 saturated heterocycles. The van der Waals surface area contributed by atoms with Crippen molar-refractivity contribution in [3.8, 4) is 0 Å². The highest BCUT2D eigenvalue weighted by Crippen LogP contribution is 2.21. The van der Waals surface area contributed by atoms with Crippen LogP contribution in [-0.4, -0.2) is 40.0 Å². The van der Waals surface area contributed by atoms with Gasteiger partial charge in [0.25, 0.3) is 5.91 Å². The number of carboxylic acids is 1. The van der Waals surface area contributed by atoms with Crippen molar-refractivity contribution >= 4 is 23.5 Å². The van der Waals surface area contributed by atoms with Crippen molar-refractivity contribution in [2.45, 2.75) is 12.8 Å². The van der Waals surface area contributed by atoms with Crippen molar-refractivity contribution in [1.82, 2.24) is 9.88 Å². The highest BCUT2D eigenvalue weighted by Gasteiger charge is 2.29. The average molecular weight is 269 g/mol. The van der Waals surface area contributed by atoms with Crippen LogP contribution in [0.4, 0.5) is 0 Å². The third-order valence-electron chi connectivity index (χ3n) is 3.06. The maximum Gasteiger partial charge on any atom is 0.308 e. The monoisotopic (exact) mass is 268 g/mol. The molecule has 1 aliphatic heterocycles. The number of hydrogen-bond donors (Lipinski definition) is 1. The molecule has 1 amide bonds. The van der Waals surface area contributed by atoms with E-state index in [-0.39, 0.29) is 12.5 Å². The van der Waals surface area contributed by atoms with E-state index in [0.717, 1.165) is 0 Å². The Bertz CT molecular complexity index is 478. The summed E-state index contributed by atoms with van der Waals surface area (Å²) in [6.07, 6.45) is 4.23. The number of carboxylic acid groups (broad SMARTS) is 1. The van der Waals surface area contributed by atoms with E-state index in [4.69, 9.17) is 16.7 Å². The van der Waals surface area contributed by atoms with E-state index in [1.165, 1.54) is 17.3 Å². The number of amides is 1. The average Bonchev–Trinajstić information content (AvgIpc) is 2.38. The quantitative estimate of drug-likeness (QED) is 0.886. The van der Waals surface area contributed by atoms with Crippen molar-refractivity contribution < 1.29 is 14.7 Å². The number of carbonyl (C=O) groups excluding carboxylic acids is 1. The van der Waals surface area contributed by atoms with Gasteiger partial charge in [0.15, 0.2) is 0 Å². The lowest BCUT2D eigenvalue weighted by Gasteiger charge is -2.30. The van der Waals surface area contributed by atoms with Crippen LogP contribution in [0.2, 0.25) is 5.02 Å². The van der Waals surface area contributed by atoms with E-state index < -0.39 is 11.9 Å². The molecule has 1 aromatic rings. The third kappa shape index (κ3) is 2.61. The molecule has 1 fully saturated rings. The van der Waals surface area contributed by atoms with Crippen LogP contribution in [0.25, 0.3) is 0 Å². The minimum Gasteiger partial charge on any atom is -0.481 e. The van der Waals surface area contributed by atoms with Crippen molar-refractivity contribution in [1.29, 1.82) is 0 Å². The van der Waals surface area contributed by atoms with Gasteiger partial charge in [-0.25, -0.2) is 0 Å². The zero-order chi connectivity index (χ0) is 13.1. The molecule has 2 rings (SSSR count). The van der Waals surface area contributed by atoms with E-state index >= 15 is 0 Å². The first-order chi connectivity index (χ1) is 8.59. The maximum absolute atomic E-state index is 12.2. The number of aliphatic carboxylic acids is 1. The predicted octanol–water partition coefficient (Wildman–Crippen LogP) is 1.67. The molecule has 18 heavy (non-hydrogen) atoms. The fourth-order valence-electron chi connectivity index (χ4n) is 2.07. The number of carbonyl (C=O) groups is 2. The smallest absolute Gasteiger partial charge is 0.308 e. The Morgan fingerprint density at radius 2 is 2.28 bits per heavy atom. The van der Waals surface area contributed by atoms with Gasteiger partial charge in [0.2, 0.25) is 0 Å². The molecule has 2 heterocycles. The van der Waals surface area contributed by atoms with Gasteiger partial charge in [-0.3, -0.25) is 14.6 Å². The number of hydrogen-bond acceptors (Lipinski definition) is 3. The number of halogens is 1. The van der Waals surface area contributed by atoms with Crippen molar-refractivity contribution in [3.05, 3.63) is 29.0 Å². The first-order valence-corrected chi connectivity index (χ1v) is 6.09. The second kappa shape index (κ2) is 5.35. The summed E-state index contributed by atoms with van der Waals surface area (Å²) in [7, 11) is 0. The van der Waals surface area contributed by atoms with Crippen molar-refractivity contribution in [2.24, 2.45) is 5.92 Å². The van der Waals surface area contributed by atoms with Crippen LogP contribution >= 0.6 is 11.6 Å². The number of rotatable bonds is 2. The Kier molecular flexibility index (Phi) is 3.81. The third-order valence-corrected chi connectivity index (χ3v) is 3.39. The molecule has 96 valence electrons. The molecule has 1 N–H and O–H groups in total. The van der Waals surface area contributed by atoms with Gasteiger partial charge in [0, 0.05) is 25.5 Å². The van der Waals surface area contributed by atoms with Gasteiger partial charge < -0.3 is 10.0 Å². The molecule has 1 atom stereocenters. The van der Waals surface area contributed by atoms with E-state index in [9.17, 15) is 9.59 Å². The van der Waals surface area contributed by atoms with Crippen LogP contribution in [0.5, 0.6) is 0 Å². The number of pyridine rings is 1. The lowest BCUT2D eigenvalue weighted by molar-refractivity contribution is -0.143. The molecule has 5 nitrogen and oxygen atoms in total. The molecular formula is C12H13ClN2O3. The van der Waals surface area contributed by atoms with Gasteiger partial charge in [0.1, 0.15) is 0 Å². The van der Waals surface area contributed by atoms with Gasteiger partial charge in [-0.1, -0.05) is 11.6 Å². The predicted molar refractivity (Wildman–Crippen MR) is 65.5 cm³/mol. The van der Waals surface area contributed by atoms with Gasteiger partial charge in [-0.15, -0.1) is 0 Å². The molecule has 0 unspecified atom stereocenters. The van der Waals surface area contributed by atoms with Crippen molar-refractivity contribution in [3.63, 3.8) is 0 Å². The number of aromatic nitrogens is 1. The highest BCUT2D eigenvalue weighted by atomic mass is 35.5. The lowest BCUT2D eigenvalue weighted by Crippen LogP contribution is -2.42. The minimum atomic E-state index is -0.857. The van der Waals surface area contributed by atoms with E-state index in [1.54, 1.807) is 6.07 Å². The van der Waals surface area contributed by atoms with Gasteiger partial charge in [0.05, 0.1) is 16.5 Å². The first kappa shape index (κ1) is 12.8. The molecule has 1 aromatic heterocycles. The highest BCUT2D eigenvalue weighted by molar-refractivity contribution is 6.33. The molecule has 0 bridgehead atoms. The lowest BCUT2D eigenvalue weighted by atomic mass is 9.98. The standard InChI is InChI=1S/C12H13ClN2O3/c13-10-3-4-14-6-9(10)11(16)15-5-1-2-8(7-15)12(17)18/h3-4,6,8H,1-2,5,7H2,(H,17,18)/t8-/m0/s1. The molecule has 0 spiro atoms. The van der Waals surface area contributed by atoms with Gasteiger partial charge >= 0.3 is 5.97 Å². The van der Waals surface area contributed by atoms with Crippen LogP contribution in [-0.2, 0) is 4.79 Å². The van der Waals surface area contributed by atoms with Gasteiger partial charge in [-0.05, 0) is 18.9 Å². The molecule has 0 radical (unpaired) electrons. The minimum absolute atomic E-state index is 0.236. The summed E-state index contributed by atoms with van der Waals surface area (Å²) in [4.78, 5) is 28.5. The molecule has 0 aliphatic carbocycles. The molecule has 0 saturated carbocycles. The summed E-state index contributed by atoms with van der Waals surface area (Å²) in [5.41, 5.74) is 0.324. The van der Waals surface area contributed by atoms with E-state index in [0.29, 0.717) is 30.0 Å². The molecule has 1 aliphatic rings. The van der Waals surface area contributed by atoms with E-state index in [2.05, 4.69) is 4.98 Å². The molecule has 6 heteroatoms. The number of likely N-dealkylation sites (tertiary alicyclic amines) is 1. The molecular weight excluding hydrogens is 256 g/mol. The first-order valence-electron chi connectivity index (χ1n) is 5.71. The van der Waals surface area contributed by atoms with Gasteiger partial charge in [-0.2, -0.15) is 0 Å². The summed E-state index contributed by atoms with van der Waals surface area (Å²) in [5.74, 6) is -1.60. The topological polar surface area (TPSA) is 70.5 Å². The Morgan fingerprint density at radius 3 is 2.94 bits per heavy atom. The summed E-state index contributed by atoms with van der Waals surface area (Å²) in [6.45, 7) is 0.799. The largest absolute Gasteiger partial charge is 0.481 e. The van der Waals surface area contributed by atoms with Crippen LogP contribution in [0.3, 0.4) is 0 Å². The normalized spacial score (nSPS) is 19.6. The second-order valence-electron chi connectivity index (χ2n) is 4.28. The Morgan fingerprint density at radius 1 is 1.50 bits per heavy atom. The zero-order valence-electron chi connectivity index (χ0n) is 9.67. The Labute approximate surface area is 109 Å². The SMILES string of the molecule is O=C(O)[C@H]1CCCN(C(=O)c2cnccc2Cl)C1. The Hall–Kier alpha value is -1.62. The fourth-order valence-corrected chi connectivity index (χ4v) is 2.25. The van der Waals surface area contributed by atoms with Crippen LogP contribution in [0.15, 0.2) is 18.5 Å². The molecule has 0 aromatic carbocycles. The van der Waals surface area contributed by atoms with Crippen molar-refractivity contribution in [2.75, 3.05) is 13.1 Å². The summed E-state index contributed by atoms with van der Waals surface area (Å²) in [5, 5.41) is 9.33. The summed E-state index contributed by atoms with van der Waals surface area (Å²) < 4.78 is 0. The van der Waals surface area contributed by atoms with Crippen LogP contribution in [0.1, 0.15) is 23.2 Å². The second-order valence-corrected chi connectivity index (χ2v) is 4.69. The summed E-state index contributed by atoms with van der Waals surface area (Å²) in [6, 6.07) is 1.55. The maximum atomic E-state index is 12.2. The Balaban J connectivity index is 2.14. The van der Waals surface area contributed by atoms with Crippen LogP contribution in [0, 0.1) is 5.92 Å².